The Kier molecular flexibility index (Phi) is 5.56. The number of amides is 1. The summed E-state index contributed by atoms with van der Waals surface area (Å²) in [4.78, 5) is 19.1. The van der Waals surface area contributed by atoms with Crippen LogP contribution in [0.1, 0.15) is 57.2 Å². The largest absolute Gasteiger partial charge is 0.493 e. The zero-order valence-electron chi connectivity index (χ0n) is 17.9. The van der Waals surface area contributed by atoms with Gasteiger partial charge in [-0.1, -0.05) is 13.0 Å². The second-order valence-corrected chi connectivity index (χ2v) is 8.57. The molecule has 0 fully saturated rings. The van der Waals surface area contributed by atoms with E-state index in [4.69, 9.17) is 18.9 Å². The molecule has 1 amide bonds. The van der Waals surface area contributed by atoms with Crippen molar-refractivity contribution in [3.8, 4) is 22.8 Å². The predicted octanol–water partition coefficient (Wildman–Crippen LogP) is 4.88. The predicted molar refractivity (Wildman–Crippen MR) is 117 cm³/mol. The van der Waals surface area contributed by atoms with Gasteiger partial charge < -0.3 is 19.2 Å². The molecule has 0 spiro atoms. The summed E-state index contributed by atoms with van der Waals surface area (Å²) in [5.41, 5.74) is 3.77. The number of aryl methyl sites for hydroxylation is 3. The molecular formula is C23H26N2O4S. The maximum atomic E-state index is 13.0. The fourth-order valence-electron chi connectivity index (χ4n) is 3.89. The van der Waals surface area contributed by atoms with Gasteiger partial charge in [0.15, 0.2) is 17.3 Å². The third kappa shape index (κ3) is 3.47. The van der Waals surface area contributed by atoms with Crippen LogP contribution >= 0.6 is 11.3 Å². The molecule has 30 heavy (non-hydrogen) atoms. The third-order valence-corrected chi connectivity index (χ3v) is 6.80. The lowest BCUT2D eigenvalue weighted by molar-refractivity contribution is 0.0909. The van der Waals surface area contributed by atoms with Crippen LogP contribution in [0.5, 0.6) is 11.5 Å². The number of benzene rings is 1. The van der Waals surface area contributed by atoms with Gasteiger partial charge in [-0.05, 0) is 44.4 Å². The van der Waals surface area contributed by atoms with Crippen molar-refractivity contribution >= 4 is 17.2 Å². The van der Waals surface area contributed by atoms with Crippen molar-refractivity contribution in [2.75, 3.05) is 14.2 Å². The summed E-state index contributed by atoms with van der Waals surface area (Å²) >= 11 is 1.76. The molecule has 1 aliphatic carbocycles. The number of hydrogen-bond donors (Lipinski definition) is 1. The van der Waals surface area contributed by atoms with Gasteiger partial charge in [-0.2, -0.15) is 0 Å². The third-order valence-electron chi connectivity index (χ3n) is 5.54. The van der Waals surface area contributed by atoms with Crippen LogP contribution in [0.3, 0.4) is 0 Å². The molecule has 0 saturated carbocycles. The number of nitrogens with zero attached hydrogens (tertiary/aromatic N) is 1. The Morgan fingerprint density at radius 3 is 2.73 bits per heavy atom. The minimum atomic E-state index is -0.225. The number of aromatic nitrogens is 1. The number of hydrogen-bond acceptors (Lipinski definition) is 6. The van der Waals surface area contributed by atoms with Crippen LogP contribution in [-0.4, -0.2) is 25.1 Å². The van der Waals surface area contributed by atoms with E-state index in [0.717, 1.165) is 52.4 Å². The molecule has 1 unspecified atom stereocenters. The van der Waals surface area contributed by atoms with Crippen LogP contribution < -0.4 is 14.8 Å². The van der Waals surface area contributed by atoms with Gasteiger partial charge in [-0.3, -0.25) is 4.79 Å². The highest BCUT2D eigenvalue weighted by Crippen LogP contribution is 2.41. The number of ether oxygens (including phenoxy) is 2. The molecule has 0 aliphatic heterocycles. The normalized spacial score (nSPS) is 13.4. The van der Waals surface area contributed by atoms with Gasteiger partial charge in [-0.15, -0.1) is 11.3 Å². The number of furan rings is 1. The van der Waals surface area contributed by atoms with Crippen molar-refractivity contribution in [3.05, 3.63) is 50.7 Å². The molecule has 6 nitrogen and oxygen atoms in total. The number of nitrogens with one attached hydrogen (secondary N) is 1. The van der Waals surface area contributed by atoms with Crippen LogP contribution in [0.2, 0.25) is 0 Å². The number of rotatable bonds is 6. The van der Waals surface area contributed by atoms with E-state index in [1.54, 1.807) is 25.6 Å². The zero-order chi connectivity index (χ0) is 21.4. The van der Waals surface area contributed by atoms with Gasteiger partial charge in [0.2, 0.25) is 0 Å². The van der Waals surface area contributed by atoms with Gasteiger partial charge in [-0.25, -0.2) is 4.98 Å². The average Bonchev–Trinajstić information content (AvgIpc) is 3.33. The molecule has 7 heteroatoms. The molecular weight excluding hydrogens is 400 g/mol. The van der Waals surface area contributed by atoms with Crippen LogP contribution in [-0.2, 0) is 19.3 Å². The lowest BCUT2D eigenvalue weighted by atomic mass is 9.97. The molecule has 2 aromatic heterocycles. The Morgan fingerprint density at radius 2 is 2.03 bits per heavy atom. The Balaban J connectivity index is 1.59. The van der Waals surface area contributed by atoms with Gasteiger partial charge in [0.05, 0.1) is 31.0 Å². The van der Waals surface area contributed by atoms with Crippen LogP contribution in [0.15, 0.2) is 22.6 Å². The molecule has 1 N–H and O–H groups in total. The first-order chi connectivity index (χ1) is 14.5. The smallest absolute Gasteiger partial charge is 0.287 e. The first-order valence-corrected chi connectivity index (χ1v) is 10.9. The molecule has 4 rings (SSSR count). The standard InChI is InChI=1S/C23H26N2O4S/c1-6-19-25-21-18(30-19)10-9-16-20(21)12(2)22(29-16)23(26)24-13(3)14-7-8-15(27-4)17(11-14)28-5/h7-8,11,13H,6,9-10H2,1-5H3,(H,24,26). The molecule has 0 saturated heterocycles. The van der Waals surface area contributed by atoms with Crippen molar-refractivity contribution in [2.24, 2.45) is 0 Å². The summed E-state index contributed by atoms with van der Waals surface area (Å²) in [5.74, 6) is 2.28. The first-order valence-electron chi connectivity index (χ1n) is 10.1. The van der Waals surface area contributed by atoms with Crippen LogP contribution in [0.25, 0.3) is 11.3 Å². The summed E-state index contributed by atoms with van der Waals surface area (Å²) in [7, 11) is 3.19. The lowest BCUT2D eigenvalue weighted by Crippen LogP contribution is -2.26. The van der Waals surface area contributed by atoms with Crippen LogP contribution in [0.4, 0.5) is 0 Å². The van der Waals surface area contributed by atoms with E-state index in [9.17, 15) is 4.79 Å². The van der Waals surface area contributed by atoms with Crippen molar-refractivity contribution in [2.45, 2.75) is 46.1 Å². The highest BCUT2D eigenvalue weighted by Gasteiger charge is 2.30. The molecule has 1 atom stereocenters. The second kappa shape index (κ2) is 8.14. The van der Waals surface area contributed by atoms with E-state index in [-0.39, 0.29) is 11.9 Å². The zero-order valence-corrected chi connectivity index (χ0v) is 18.7. The SMILES string of the molecule is CCc1nc2c(s1)CCc1oc(C(=O)NC(C)c3ccc(OC)c(OC)c3)c(C)c1-2. The van der Waals surface area contributed by atoms with Crippen LogP contribution in [0, 0.1) is 6.92 Å². The minimum absolute atomic E-state index is 0.222. The molecule has 158 valence electrons. The van der Waals surface area contributed by atoms with E-state index in [1.165, 1.54) is 4.88 Å². The fourth-order valence-corrected chi connectivity index (χ4v) is 4.90. The van der Waals surface area contributed by atoms with E-state index >= 15 is 0 Å². The highest BCUT2D eigenvalue weighted by molar-refractivity contribution is 7.12. The summed E-state index contributed by atoms with van der Waals surface area (Å²) < 4.78 is 16.7. The monoisotopic (exact) mass is 426 g/mol. The summed E-state index contributed by atoms with van der Waals surface area (Å²) in [6, 6.07) is 5.40. The number of carbonyl (C=O) groups excluding carboxylic acids is 1. The maximum absolute atomic E-state index is 13.0. The maximum Gasteiger partial charge on any atom is 0.287 e. The average molecular weight is 427 g/mol. The van der Waals surface area contributed by atoms with E-state index in [0.29, 0.717) is 17.3 Å². The number of thiazole rings is 1. The summed E-state index contributed by atoms with van der Waals surface area (Å²) in [6.45, 7) is 5.99. The lowest BCUT2D eigenvalue weighted by Gasteiger charge is -2.16. The number of methoxy groups -OCH3 is 2. The van der Waals surface area contributed by atoms with Crippen molar-refractivity contribution in [1.29, 1.82) is 0 Å². The van der Waals surface area contributed by atoms with Crippen molar-refractivity contribution in [3.63, 3.8) is 0 Å². The number of fused-ring (bicyclic) bond motifs is 3. The van der Waals surface area contributed by atoms with Crippen molar-refractivity contribution in [1.82, 2.24) is 10.3 Å². The fraction of sp³-hybridized carbons (Fsp3) is 0.391. The summed E-state index contributed by atoms with van der Waals surface area (Å²) in [5, 5.41) is 4.17. The van der Waals surface area contributed by atoms with E-state index < -0.39 is 0 Å². The second-order valence-electron chi connectivity index (χ2n) is 7.40. The Bertz CT molecular complexity index is 1100. The first kappa shape index (κ1) is 20.5. The molecule has 1 aliphatic rings. The van der Waals surface area contributed by atoms with Gasteiger partial charge in [0.25, 0.3) is 5.91 Å². The molecule has 3 aromatic rings. The number of carbonyl (C=O) groups is 1. The Labute approximate surface area is 180 Å². The van der Waals surface area contributed by atoms with Gasteiger partial charge in [0.1, 0.15) is 5.76 Å². The highest BCUT2D eigenvalue weighted by atomic mass is 32.1. The van der Waals surface area contributed by atoms with Gasteiger partial charge >= 0.3 is 0 Å². The topological polar surface area (TPSA) is 73.6 Å². The van der Waals surface area contributed by atoms with Crippen molar-refractivity contribution < 1.29 is 18.7 Å². The van der Waals surface area contributed by atoms with E-state index in [2.05, 4.69) is 12.2 Å². The molecule has 1 aromatic carbocycles. The quantitative estimate of drug-likeness (QED) is 0.608. The minimum Gasteiger partial charge on any atom is -0.493 e. The summed E-state index contributed by atoms with van der Waals surface area (Å²) in [6.07, 6.45) is 2.63. The Hall–Kier alpha value is -2.80. The Morgan fingerprint density at radius 1 is 1.27 bits per heavy atom. The van der Waals surface area contributed by atoms with Gasteiger partial charge in [0, 0.05) is 22.4 Å². The molecule has 0 radical (unpaired) electrons. The molecule has 0 bridgehead atoms. The molecule has 2 heterocycles. The van der Waals surface area contributed by atoms with E-state index in [1.807, 2.05) is 32.0 Å².